The van der Waals surface area contributed by atoms with Crippen molar-refractivity contribution >= 4 is 11.5 Å². The average Bonchev–Trinajstić information content (AvgIpc) is 3.49. The maximum absolute atomic E-state index is 5.03. The number of pyridine rings is 1. The first-order valence-electron chi connectivity index (χ1n) is 10.9. The van der Waals surface area contributed by atoms with Crippen LogP contribution in [-0.2, 0) is 13.1 Å². The van der Waals surface area contributed by atoms with E-state index in [1.165, 1.54) is 29.9 Å². The minimum atomic E-state index is 0.316. The van der Waals surface area contributed by atoms with E-state index in [1.807, 2.05) is 10.9 Å². The number of anilines is 1. The Morgan fingerprint density at radius 1 is 1.07 bits per heavy atom. The predicted octanol–water partition coefficient (Wildman–Crippen LogP) is 2.64. The Labute approximate surface area is 172 Å². The Morgan fingerprint density at radius 3 is 2.72 bits per heavy atom. The fourth-order valence-corrected chi connectivity index (χ4v) is 4.69. The molecular weight excluding hydrogens is 362 g/mol. The first kappa shape index (κ1) is 18.6. The van der Waals surface area contributed by atoms with Gasteiger partial charge in [-0.05, 0) is 38.9 Å². The van der Waals surface area contributed by atoms with Crippen LogP contribution in [0.15, 0.2) is 36.8 Å². The van der Waals surface area contributed by atoms with Gasteiger partial charge in [-0.15, -0.1) is 0 Å². The largest absolute Gasteiger partial charge is 0.358 e. The second kappa shape index (κ2) is 7.80. The lowest BCUT2D eigenvalue weighted by atomic mass is 10.1. The van der Waals surface area contributed by atoms with Crippen molar-refractivity contribution in [1.82, 2.24) is 29.0 Å². The lowest BCUT2D eigenvalue weighted by Crippen LogP contribution is -2.46. The minimum Gasteiger partial charge on any atom is -0.358 e. The highest BCUT2D eigenvalue weighted by molar-refractivity contribution is 5.53. The summed E-state index contributed by atoms with van der Waals surface area (Å²) < 4.78 is 4.30. The molecule has 0 radical (unpaired) electrons. The second-order valence-electron chi connectivity index (χ2n) is 8.41. The third-order valence-corrected chi connectivity index (χ3v) is 6.41. The van der Waals surface area contributed by atoms with Crippen molar-refractivity contribution in [2.75, 3.05) is 44.7 Å². The monoisotopic (exact) mass is 393 g/mol. The molecule has 29 heavy (non-hydrogen) atoms. The van der Waals surface area contributed by atoms with Crippen LogP contribution in [0.3, 0.4) is 0 Å². The number of fused-ring (bicyclic) bond motifs is 1. The smallest absolute Gasteiger partial charge is 0.138 e. The van der Waals surface area contributed by atoms with Crippen LogP contribution in [0.1, 0.15) is 37.1 Å². The number of rotatable bonds is 5. The number of nitrogens with zero attached hydrogens (tertiary/aromatic N) is 7. The van der Waals surface area contributed by atoms with Crippen molar-refractivity contribution in [2.45, 2.75) is 38.9 Å². The average molecular weight is 394 g/mol. The third-order valence-electron chi connectivity index (χ3n) is 6.41. The molecule has 154 valence electrons. The van der Waals surface area contributed by atoms with Gasteiger partial charge in [0.05, 0.1) is 17.9 Å². The van der Waals surface area contributed by atoms with Crippen LogP contribution in [-0.4, -0.2) is 68.7 Å². The number of likely N-dealkylation sites (N-methyl/N-ethyl adjacent to an activating group) is 1. The molecule has 2 aliphatic heterocycles. The molecular formula is C22H31N7. The fourth-order valence-electron chi connectivity index (χ4n) is 4.69. The topological polar surface area (TPSA) is 44.8 Å². The first-order valence-corrected chi connectivity index (χ1v) is 10.9. The number of hydrogen-bond acceptors (Lipinski definition) is 5. The van der Waals surface area contributed by atoms with Gasteiger partial charge in [-0.2, -0.15) is 5.10 Å². The molecule has 5 rings (SSSR count). The highest BCUT2D eigenvalue weighted by Crippen LogP contribution is 2.28. The SMILES string of the molecule is CCn1cc(CN2CCN(C)[C@@H](c3cn4c(N5CCCC5)cccc4n3)C2)cn1. The Kier molecular flexibility index (Phi) is 5.01. The van der Waals surface area contributed by atoms with E-state index in [2.05, 4.69) is 68.8 Å². The molecule has 3 aromatic rings. The Balaban J connectivity index is 1.38. The molecule has 0 amide bonds. The van der Waals surface area contributed by atoms with Gasteiger partial charge in [-0.25, -0.2) is 4.98 Å². The molecule has 2 aliphatic rings. The number of aromatic nitrogens is 4. The van der Waals surface area contributed by atoms with E-state index in [-0.39, 0.29) is 0 Å². The van der Waals surface area contributed by atoms with Crippen LogP contribution in [0.4, 0.5) is 5.82 Å². The lowest BCUT2D eigenvalue weighted by Gasteiger charge is -2.38. The van der Waals surface area contributed by atoms with Crippen LogP contribution in [0.5, 0.6) is 0 Å². The van der Waals surface area contributed by atoms with E-state index in [0.29, 0.717) is 6.04 Å². The van der Waals surface area contributed by atoms with E-state index in [9.17, 15) is 0 Å². The molecule has 2 saturated heterocycles. The molecule has 0 spiro atoms. The molecule has 0 saturated carbocycles. The first-order chi connectivity index (χ1) is 14.2. The van der Waals surface area contributed by atoms with Gasteiger partial charge in [-0.1, -0.05) is 6.07 Å². The summed E-state index contributed by atoms with van der Waals surface area (Å²) in [6.07, 6.45) is 9.01. The van der Waals surface area contributed by atoms with E-state index in [4.69, 9.17) is 4.98 Å². The van der Waals surface area contributed by atoms with Crippen LogP contribution in [0.25, 0.3) is 5.65 Å². The van der Waals surface area contributed by atoms with E-state index in [0.717, 1.165) is 51.5 Å². The van der Waals surface area contributed by atoms with Gasteiger partial charge in [0.2, 0.25) is 0 Å². The predicted molar refractivity (Wildman–Crippen MR) is 115 cm³/mol. The quantitative estimate of drug-likeness (QED) is 0.667. The number of piperazine rings is 1. The Hall–Kier alpha value is -2.38. The summed E-state index contributed by atoms with van der Waals surface area (Å²) in [6.45, 7) is 9.43. The maximum Gasteiger partial charge on any atom is 0.138 e. The molecule has 0 unspecified atom stereocenters. The van der Waals surface area contributed by atoms with Gasteiger partial charge >= 0.3 is 0 Å². The number of imidazole rings is 1. The summed E-state index contributed by atoms with van der Waals surface area (Å²) in [4.78, 5) is 12.5. The van der Waals surface area contributed by atoms with Crippen molar-refractivity contribution in [1.29, 1.82) is 0 Å². The number of hydrogen-bond donors (Lipinski definition) is 0. The Bertz CT molecular complexity index is 969. The highest BCUT2D eigenvalue weighted by Gasteiger charge is 2.28. The highest BCUT2D eigenvalue weighted by atomic mass is 15.3. The molecule has 5 heterocycles. The second-order valence-corrected chi connectivity index (χ2v) is 8.41. The summed E-state index contributed by atoms with van der Waals surface area (Å²) in [5, 5.41) is 4.43. The molecule has 0 N–H and O–H groups in total. The van der Waals surface area contributed by atoms with Gasteiger partial charge < -0.3 is 4.90 Å². The minimum absolute atomic E-state index is 0.316. The van der Waals surface area contributed by atoms with Crippen molar-refractivity contribution in [3.63, 3.8) is 0 Å². The van der Waals surface area contributed by atoms with Gasteiger partial charge in [-0.3, -0.25) is 18.9 Å². The van der Waals surface area contributed by atoms with Crippen LogP contribution >= 0.6 is 0 Å². The zero-order valence-corrected chi connectivity index (χ0v) is 17.5. The summed E-state index contributed by atoms with van der Waals surface area (Å²) in [5.74, 6) is 1.28. The molecule has 3 aromatic heterocycles. The van der Waals surface area contributed by atoms with Crippen LogP contribution < -0.4 is 4.90 Å². The molecule has 1 atom stereocenters. The molecule has 0 aliphatic carbocycles. The molecule has 0 bridgehead atoms. The standard InChI is InChI=1S/C22H31N7/c1-3-28-15-18(13-23-28)14-26-12-11-25(2)20(17-26)19-16-29-21(24-19)7-6-8-22(29)27-9-4-5-10-27/h6-8,13,15-16,20H,3-5,9-12,14,17H2,1-2H3/t20-/m1/s1. The summed E-state index contributed by atoms with van der Waals surface area (Å²) in [7, 11) is 2.22. The van der Waals surface area contributed by atoms with E-state index >= 15 is 0 Å². The normalized spacial score (nSPS) is 21.4. The van der Waals surface area contributed by atoms with Gasteiger partial charge in [0.25, 0.3) is 0 Å². The van der Waals surface area contributed by atoms with Gasteiger partial charge in [0, 0.05) is 63.8 Å². The van der Waals surface area contributed by atoms with Crippen molar-refractivity contribution in [3.8, 4) is 0 Å². The zero-order valence-electron chi connectivity index (χ0n) is 17.5. The van der Waals surface area contributed by atoms with Crippen LogP contribution in [0.2, 0.25) is 0 Å². The molecule has 7 heteroatoms. The summed E-state index contributed by atoms with van der Waals surface area (Å²) in [6, 6.07) is 6.81. The zero-order chi connectivity index (χ0) is 19.8. The molecule has 7 nitrogen and oxygen atoms in total. The maximum atomic E-state index is 5.03. The number of aryl methyl sites for hydroxylation is 1. The van der Waals surface area contributed by atoms with Crippen molar-refractivity contribution in [2.24, 2.45) is 0 Å². The molecule has 0 aromatic carbocycles. The molecule has 2 fully saturated rings. The summed E-state index contributed by atoms with van der Waals surface area (Å²) in [5.41, 5.74) is 3.52. The van der Waals surface area contributed by atoms with Crippen molar-refractivity contribution < 1.29 is 0 Å². The van der Waals surface area contributed by atoms with Gasteiger partial charge in [0.15, 0.2) is 0 Å². The fraction of sp³-hybridized carbons (Fsp3) is 0.545. The lowest BCUT2D eigenvalue weighted by molar-refractivity contribution is 0.0885. The Morgan fingerprint density at radius 2 is 1.93 bits per heavy atom. The van der Waals surface area contributed by atoms with E-state index < -0.39 is 0 Å². The summed E-state index contributed by atoms with van der Waals surface area (Å²) >= 11 is 0. The van der Waals surface area contributed by atoms with E-state index in [1.54, 1.807) is 0 Å². The third kappa shape index (κ3) is 3.65. The van der Waals surface area contributed by atoms with Crippen molar-refractivity contribution in [3.05, 3.63) is 48.0 Å². The van der Waals surface area contributed by atoms with Gasteiger partial charge in [0.1, 0.15) is 11.5 Å². The van der Waals surface area contributed by atoms with Crippen LogP contribution in [0, 0.1) is 0 Å².